The molecule has 0 bridgehead atoms. The van der Waals surface area contributed by atoms with Crippen molar-refractivity contribution in [1.29, 1.82) is 0 Å². The molecule has 0 aliphatic rings. The molecule has 2 aromatic heterocycles. The van der Waals surface area contributed by atoms with Crippen LogP contribution in [-0.2, 0) is 6.42 Å². The lowest BCUT2D eigenvalue weighted by molar-refractivity contribution is 0.0724. The van der Waals surface area contributed by atoms with E-state index < -0.39 is 0 Å². The number of likely N-dealkylation sites (N-methyl/N-ethyl adjacent to an activating group) is 1. The third kappa shape index (κ3) is 2.64. The van der Waals surface area contributed by atoms with Crippen LogP contribution in [-0.4, -0.2) is 45.0 Å². The number of hydrogen-bond acceptors (Lipinski definition) is 3. The molecule has 0 spiro atoms. The first-order valence-electron chi connectivity index (χ1n) is 6.69. The first kappa shape index (κ1) is 14.8. The third-order valence-corrected chi connectivity index (χ3v) is 3.45. The van der Waals surface area contributed by atoms with Crippen molar-refractivity contribution < 1.29 is 9.90 Å². The number of fused-ring (bicyclic) bond motifs is 1. The van der Waals surface area contributed by atoms with E-state index in [-0.39, 0.29) is 12.5 Å². The van der Waals surface area contributed by atoms with Gasteiger partial charge in [0.15, 0.2) is 0 Å². The summed E-state index contributed by atoms with van der Waals surface area (Å²) in [7, 11) is 0. The van der Waals surface area contributed by atoms with Crippen LogP contribution in [0.25, 0.3) is 5.65 Å². The van der Waals surface area contributed by atoms with Crippen molar-refractivity contribution in [3.63, 3.8) is 0 Å². The zero-order valence-corrected chi connectivity index (χ0v) is 12.4. The highest BCUT2D eigenvalue weighted by atomic mass is 35.5. The molecule has 0 saturated heterocycles. The smallest absolute Gasteiger partial charge is 0.272 e. The maximum Gasteiger partial charge on any atom is 0.272 e. The summed E-state index contributed by atoms with van der Waals surface area (Å²) in [6.45, 7) is 4.64. The zero-order valence-electron chi connectivity index (χ0n) is 11.6. The molecule has 2 rings (SSSR count). The summed E-state index contributed by atoms with van der Waals surface area (Å²) < 4.78 is 1.73. The summed E-state index contributed by atoms with van der Waals surface area (Å²) >= 11 is 6.01. The molecule has 0 aromatic carbocycles. The molecule has 0 unspecified atom stereocenters. The second-order valence-electron chi connectivity index (χ2n) is 4.44. The Kier molecular flexibility index (Phi) is 4.62. The minimum atomic E-state index is -0.131. The number of rotatable bonds is 5. The normalized spacial score (nSPS) is 11.0. The van der Waals surface area contributed by atoms with Crippen molar-refractivity contribution in [2.75, 3.05) is 19.7 Å². The number of carbonyl (C=O) groups excluding carboxylic acids is 1. The summed E-state index contributed by atoms with van der Waals surface area (Å²) in [6.07, 6.45) is 2.36. The number of aromatic nitrogens is 2. The minimum absolute atomic E-state index is 0.0570. The number of nitrogens with zero attached hydrogens (tertiary/aromatic N) is 3. The number of amides is 1. The van der Waals surface area contributed by atoms with Gasteiger partial charge in [-0.25, -0.2) is 4.98 Å². The lowest BCUT2D eigenvalue weighted by Crippen LogP contribution is -2.34. The highest BCUT2D eigenvalue weighted by Crippen LogP contribution is 2.18. The van der Waals surface area contributed by atoms with Crippen LogP contribution in [0.2, 0.25) is 5.02 Å². The molecular weight excluding hydrogens is 278 g/mol. The van der Waals surface area contributed by atoms with E-state index >= 15 is 0 Å². The molecule has 5 nitrogen and oxygen atoms in total. The van der Waals surface area contributed by atoms with Gasteiger partial charge in [-0.05, 0) is 25.5 Å². The number of aliphatic hydroxyl groups is 1. The van der Waals surface area contributed by atoms with Crippen molar-refractivity contribution in [1.82, 2.24) is 14.3 Å². The molecule has 1 amide bonds. The molecule has 0 radical (unpaired) electrons. The summed E-state index contributed by atoms with van der Waals surface area (Å²) in [5, 5.41) is 9.61. The summed E-state index contributed by atoms with van der Waals surface area (Å²) in [5.74, 6) is -0.131. The number of imidazole rings is 1. The van der Waals surface area contributed by atoms with Gasteiger partial charge in [-0.15, -0.1) is 0 Å². The van der Waals surface area contributed by atoms with Crippen LogP contribution >= 0.6 is 11.6 Å². The van der Waals surface area contributed by atoms with Crippen LogP contribution in [0.4, 0.5) is 0 Å². The highest BCUT2D eigenvalue weighted by molar-refractivity contribution is 6.30. The number of aliphatic hydroxyl groups excluding tert-OH is 1. The second kappa shape index (κ2) is 6.24. The molecule has 0 atom stereocenters. The monoisotopic (exact) mass is 295 g/mol. The van der Waals surface area contributed by atoms with Gasteiger partial charge in [0.1, 0.15) is 11.3 Å². The standard InChI is InChI=1S/C14H18ClN3O2/c1-3-11-13(14(20)17(4-2)7-8-19)18-9-10(15)5-6-12(18)16-11/h5-6,9,19H,3-4,7-8H2,1-2H3. The molecule has 6 heteroatoms. The Morgan fingerprint density at radius 2 is 2.20 bits per heavy atom. The number of pyridine rings is 1. The van der Waals surface area contributed by atoms with Gasteiger partial charge in [-0.1, -0.05) is 18.5 Å². The molecule has 0 aliphatic carbocycles. The Bertz CT molecular complexity index is 624. The predicted molar refractivity (Wildman–Crippen MR) is 78.2 cm³/mol. The van der Waals surface area contributed by atoms with Crippen molar-refractivity contribution >= 4 is 23.2 Å². The predicted octanol–water partition coefficient (Wildman–Crippen LogP) is 2.00. The van der Waals surface area contributed by atoms with E-state index in [0.29, 0.717) is 35.9 Å². The van der Waals surface area contributed by atoms with Crippen LogP contribution in [0.5, 0.6) is 0 Å². The third-order valence-electron chi connectivity index (χ3n) is 3.23. The highest BCUT2D eigenvalue weighted by Gasteiger charge is 2.22. The number of hydrogen-bond donors (Lipinski definition) is 1. The number of aryl methyl sites for hydroxylation is 1. The van der Waals surface area contributed by atoms with Gasteiger partial charge < -0.3 is 10.0 Å². The molecule has 2 aromatic rings. The SMILES string of the molecule is CCc1nc2ccc(Cl)cn2c1C(=O)N(CC)CCO. The van der Waals surface area contributed by atoms with Crippen LogP contribution in [0.1, 0.15) is 30.0 Å². The van der Waals surface area contributed by atoms with E-state index in [1.165, 1.54) is 0 Å². The van der Waals surface area contributed by atoms with Gasteiger partial charge >= 0.3 is 0 Å². The van der Waals surface area contributed by atoms with Gasteiger partial charge in [0.05, 0.1) is 17.3 Å². The number of carbonyl (C=O) groups is 1. The Balaban J connectivity index is 2.55. The molecular formula is C14H18ClN3O2. The lowest BCUT2D eigenvalue weighted by atomic mass is 10.2. The average molecular weight is 296 g/mol. The van der Waals surface area contributed by atoms with Crippen molar-refractivity contribution in [2.24, 2.45) is 0 Å². The van der Waals surface area contributed by atoms with E-state index in [4.69, 9.17) is 16.7 Å². The Hall–Kier alpha value is -1.59. The van der Waals surface area contributed by atoms with E-state index in [1.807, 2.05) is 13.8 Å². The van der Waals surface area contributed by atoms with E-state index in [9.17, 15) is 4.79 Å². The van der Waals surface area contributed by atoms with Crippen LogP contribution < -0.4 is 0 Å². The maximum atomic E-state index is 12.6. The van der Waals surface area contributed by atoms with Crippen LogP contribution in [0.3, 0.4) is 0 Å². The first-order valence-corrected chi connectivity index (χ1v) is 7.06. The zero-order chi connectivity index (χ0) is 14.7. The van der Waals surface area contributed by atoms with Crippen molar-refractivity contribution in [3.05, 3.63) is 34.7 Å². The van der Waals surface area contributed by atoms with Crippen LogP contribution in [0.15, 0.2) is 18.3 Å². The molecule has 20 heavy (non-hydrogen) atoms. The molecule has 0 saturated carbocycles. The van der Waals surface area contributed by atoms with Gasteiger partial charge in [-0.3, -0.25) is 9.20 Å². The van der Waals surface area contributed by atoms with Gasteiger partial charge in [0, 0.05) is 19.3 Å². The summed E-state index contributed by atoms with van der Waals surface area (Å²) in [6, 6.07) is 3.55. The Labute approximate surface area is 122 Å². The van der Waals surface area contributed by atoms with E-state index in [0.717, 1.165) is 5.69 Å². The molecule has 1 N–H and O–H groups in total. The second-order valence-corrected chi connectivity index (χ2v) is 4.88. The van der Waals surface area contributed by atoms with Gasteiger partial charge in [0.25, 0.3) is 5.91 Å². The fraction of sp³-hybridized carbons (Fsp3) is 0.429. The van der Waals surface area contributed by atoms with Crippen LogP contribution in [0, 0.1) is 0 Å². The fourth-order valence-corrected chi connectivity index (χ4v) is 2.37. The largest absolute Gasteiger partial charge is 0.395 e. The molecule has 0 fully saturated rings. The first-order chi connectivity index (χ1) is 9.62. The van der Waals surface area contributed by atoms with E-state index in [2.05, 4.69) is 4.98 Å². The fourth-order valence-electron chi connectivity index (χ4n) is 2.21. The summed E-state index contributed by atoms with van der Waals surface area (Å²) in [4.78, 5) is 18.7. The van der Waals surface area contributed by atoms with Gasteiger partial charge in [-0.2, -0.15) is 0 Å². The molecule has 0 aliphatic heterocycles. The topological polar surface area (TPSA) is 57.8 Å². The maximum absolute atomic E-state index is 12.6. The Morgan fingerprint density at radius 1 is 1.45 bits per heavy atom. The molecule has 108 valence electrons. The van der Waals surface area contributed by atoms with Crippen molar-refractivity contribution in [3.8, 4) is 0 Å². The minimum Gasteiger partial charge on any atom is -0.395 e. The molecule has 2 heterocycles. The summed E-state index contributed by atoms with van der Waals surface area (Å²) in [5.41, 5.74) is 1.98. The Morgan fingerprint density at radius 3 is 2.80 bits per heavy atom. The number of halogens is 1. The lowest BCUT2D eigenvalue weighted by Gasteiger charge is -2.19. The van der Waals surface area contributed by atoms with E-state index in [1.54, 1.807) is 27.6 Å². The quantitative estimate of drug-likeness (QED) is 0.918. The average Bonchev–Trinajstić information content (AvgIpc) is 2.81. The van der Waals surface area contributed by atoms with Gasteiger partial charge in [0.2, 0.25) is 0 Å². The van der Waals surface area contributed by atoms with Crippen molar-refractivity contribution in [2.45, 2.75) is 20.3 Å².